The molecule has 1 saturated carbocycles. The lowest BCUT2D eigenvalue weighted by Gasteiger charge is -2.36. The van der Waals surface area contributed by atoms with Gasteiger partial charge in [-0.25, -0.2) is 0 Å². The first kappa shape index (κ1) is 18.7. The van der Waals surface area contributed by atoms with Gasteiger partial charge in [0.15, 0.2) is 0 Å². The highest BCUT2D eigenvalue weighted by Gasteiger charge is 2.49. The molecule has 142 valence electrons. The van der Waals surface area contributed by atoms with E-state index >= 15 is 0 Å². The van der Waals surface area contributed by atoms with Crippen molar-refractivity contribution in [3.63, 3.8) is 0 Å². The smallest absolute Gasteiger partial charge is 0.226 e. The molecule has 0 spiro atoms. The highest BCUT2D eigenvalue weighted by Crippen LogP contribution is 2.40. The quantitative estimate of drug-likeness (QED) is 0.763. The summed E-state index contributed by atoms with van der Waals surface area (Å²) in [6.45, 7) is 8.19. The number of nitrogens with zero attached hydrogens (tertiary/aromatic N) is 2. The summed E-state index contributed by atoms with van der Waals surface area (Å²) in [5.41, 5.74) is 2.49. The minimum absolute atomic E-state index is 0.0675. The zero-order valence-corrected chi connectivity index (χ0v) is 16.0. The Balaban J connectivity index is 1.42. The van der Waals surface area contributed by atoms with E-state index < -0.39 is 0 Å². The van der Waals surface area contributed by atoms with Crippen molar-refractivity contribution in [2.75, 3.05) is 37.6 Å². The molecule has 3 rings (SSSR count). The molecule has 1 heterocycles. The van der Waals surface area contributed by atoms with Crippen LogP contribution in [0, 0.1) is 18.8 Å². The van der Waals surface area contributed by atoms with Crippen molar-refractivity contribution < 1.29 is 9.59 Å². The maximum absolute atomic E-state index is 12.7. The fourth-order valence-electron chi connectivity index (χ4n) is 3.72. The van der Waals surface area contributed by atoms with E-state index in [1.54, 1.807) is 0 Å². The van der Waals surface area contributed by atoms with Crippen LogP contribution in [0.1, 0.15) is 38.2 Å². The van der Waals surface area contributed by atoms with Crippen molar-refractivity contribution in [3.05, 3.63) is 29.8 Å². The Bertz CT molecular complexity index is 638. The van der Waals surface area contributed by atoms with Gasteiger partial charge in [0.05, 0.1) is 11.8 Å². The van der Waals surface area contributed by atoms with E-state index in [1.165, 1.54) is 11.3 Å². The fraction of sp³-hybridized carbons (Fsp3) is 0.619. The molecule has 1 aliphatic carbocycles. The monoisotopic (exact) mass is 357 g/mol. The standard InChI is InChI=1S/C21H31N3O2/c1-3-4-5-9-22-20(25)18-15-19(18)21(26)24-12-10-23(11-13-24)17-8-6-7-16(2)14-17/h6-8,14,18-19H,3-5,9-13,15H2,1-2H3,(H,22,25). The third-order valence-electron chi connectivity index (χ3n) is 5.48. The molecule has 1 aromatic rings. The van der Waals surface area contributed by atoms with E-state index in [2.05, 4.69) is 48.3 Å². The summed E-state index contributed by atoms with van der Waals surface area (Å²) >= 11 is 0. The van der Waals surface area contributed by atoms with Crippen LogP contribution in [0.15, 0.2) is 24.3 Å². The zero-order valence-electron chi connectivity index (χ0n) is 16.0. The lowest BCUT2D eigenvalue weighted by molar-refractivity contribution is -0.135. The second kappa shape index (κ2) is 8.56. The average Bonchev–Trinajstić information content (AvgIpc) is 3.45. The Morgan fingerprint density at radius 2 is 1.88 bits per heavy atom. The Hall–Kier alpha value is -2.04. The van der Waals surface area contributed by atoms with Crippen LogP contribution in [0.4, 0.5) is 5.69 Å². The maximum atomic E-state index is 12.7. The molecule has 26 heavy (non-hydrogen) atoms. The van der Waals surface area contributed by atoms with E-state index in [9.17, 15) is 9.59 Å². The Kier molecular flexibility index (Phi) is 6.17. The van der Waals surface area contributed by atoms with Crippen molar-refractivity contribution in [1.82, 2.24) is 10.2 Å². The molecule has 1 N–H and O–H groups in total. The molecular weight excluding hydrogens is 326 g/mol. The number of hydrogen-bond donors (Lipinski definition) is 1. The molecule has 2 fully saturated rings. The van der Waals surface area contributed by atoms with Crippen molar-refractivity contribution >= 4 is 17.5 Å². The van der Waals surface area contributed by atoms with E-state index in [-0.39, 0.29) is 23.7 Å². The van der Waals surface area contributed by atoms with Crippen LogP contribution in [0.25, 0.3) is 0 Å². The predicted molar refractivity (Wildman–Crippen MR) is 104 cm³/mol. The number of carbonyl (C=O) groups is 2. The molecule has 1 aliphatic heterocycles. The van der Waals surface area contributed by atoms with Crippen molar-refractivity contribution in [2.24, 2.45) is 11.8 Å². The van der Waals surface area contributed by atoms with Gasteiger partial charge in [0.25, 0.3) is 0 Å². The molecule has 0 radical (unpaired) electrons. The fourth-order valence-corrected chi connectivity index (χ4v) is 3.72. The number of piperazine rings is 1. The maximum Gasteiger partial charge on any atom is 0.226 e. The van der Waals surface area contributed by atoms with Crippen LogP contribution >= 0.6 is 0 Å². The Morgan fingerprint density at radius 1 is 1.12 bits per heavy atom. The minimum Gasteiger partial charge on any atom is -0.368 e. The molecule has 5 heteroatoms. The molecule has 2 atom stereocenters. The molecule has 2 unspecified atom stereocenters. The summed E-state index contributed by atoms with van der Waals surface area (Å²) in [5.74, 6) is 0.0473. The number of carbonyl (C=O) groups excluding carboxylic acids is 2. The van der Waals surface area contributed by atoms with Gasteiger partial charge in [-0.3, -0.25) is 9.59 Å². The van der Waals surface area contributed by atoms with E-state index in [1.807, 2.05) is 4.90 Å². The number of aryl methyl sites for hydroxylation is 1. The first-order chi connectivity index (χ1) is 12.6. The molecular formula is C21H31N3O2. The molecule has 2 amide bonds. The summed E-state index contributed by atoms with van der Waals surface area (Å²) in [5, 5.41) is 2.98. The Morgan fingerprint density at radius 3 is 2.58 bits per heavy atom. The van der Waals surface area contributed by atoms with Crippen molar-refractivity contribution in [1.29, 1.82) is 0 Å². The van der Waals surface area contributed by atoms with Gasteiger partial charge < -0.3 is 15.1 Å². The number of amides is 2. The number of benzene rings is 1. The molecule has 1 saturated heterocycles. The zero-order chi connectivity index (χ0) is 18.5. The van der Waals surface area contributed by atoms with E-state index in [0.717, 1.165) is 58.4 Å². The SMILES string of the molecule is CCCCCNC(=O)C1CC1C(=O)N1CCN(c2cccc(C)c2)CC1. The minimum atomic E-state index is -0.0982. The van der Waals surface area contributed by atoms with E-state index in [0.29, 0.717) is 0 Å². The van der Waals surface area contributed by atoms with Gasteiger partial charge in [-0.1, -0.05) is 31.9 Å². The molecule has 0 bridgehead atoms. The van der Waals surface area contributed by atoms with Gasteiger partial charge in [-0.05, 0) is 37.5 Å². The highest BCUT2D eigenvalue weighted by atomic mass is 16.2. The first-order valence-corrected chi connectivity index (χ1v) is 9.98. The van der Waals surface area contributed by atoms with Gasteiger partial charge in [0, 0.05) is 38.4 Å². The lowest BCUT2D eigenvalue weighted by atomic mass is 10.2. The molecule has 0 aromatic heterocycles. The van der Waals surface area contributed by atoms with Crippen LogP contribution in [0.2, 0.25) is 0 Å². The van der Waals surface area contributed by atoms with Crippen molar-refractivity contribution in [3.8, 4) is 0 Å². The third kappa shape index (κ3) is 4.57. The Labute approximate surface area is 156 Å². The summed E-state index contributed by atoms with van der Waals surface area (Å²) in [6.07, 6.45) is 4.03. The first-order valence-electron chi connectivity index (χ1n) is 9.98. The number of rotatable bonds is 7. The summed E-state index contributed by atoms with van der Waals surface area (Å²) < 4.78 is 0. The largest absolute Gasteiger partial charge is 0.368 e. The average molecular weight is 357 g/mol. The van der Waals surface area contributed by atoms with Gasteiger partial charge >= 0.3 is 0 Å². The normalized spacial score (nSPS) is 22.2. The molecule has 5 nitrogen and oxygen atoms in total. The highest BCUT2D eigenvalue weighted by molar-refractivity contribution is 5.92. The van der Waals surface area contributed by atoms with Gasteiger partial charge in [-0.15, -0.1) is 0 Å². The van der Waals surface area contributed by atoms with Crippen LogP contribution in [0.5, 0.6) is 0 Å². The lowest BCUT2D eigenvalue weighted by Crippen LogP contribution is -2.49. The second-order valence-corrected chi connectivity index (χ2v) is 7.60. The van der Waals surface area contributed by atoms with E-state index in [4.69, 9.17) is 0 Å². The van der Waals surface area contributed by atoms with Crippen LogP contribution < -0.4 is 10.2 Å². The number of nitrogens with one attached hydrogen (secondary N) is 1. The second-order valence-electron chi connectivity index (χ2n) is 7.60. The number of hydrogen-bond acceptors (Lipinski definition) is 3. The van der Waals surface area contributed by atoms with Gasteiger partial charge in [0.2, 0.25) is 11.8 Å². The summed E-state index contributed by atoms with van der Waals surface area (Å²) in [7, 11) is 0. The number of unbranched alkanes of at least 4 members (excludes halogenated alkanes) is 2. The van der Waals surface area contributed by atoms with Crippen LogP contribution in [0.3, 0.4) is 0 Å². The molecule has 2 aliphatic rings. The van der Waals surface area contributed by atoms with Crippen LogP contribution in [-0.2, 0) is 9.59 Å². The summed E-state index contributed by atoms with van der Waals surface area (Å²) in [4.78, 5) is 29.1. The summed E-state index contributed by atoms with van der Waals surface area (Å²) in [6, 6.07) is 8.50. The van der Waals surface area contributed by atoms with Gasteiger partial charge in [-0.2, -0.15) is 0 Å². The third-order valence-corrected chi connectivity index (χ3v) is 5.48. The van der Waals surface area contributed by atoms with Crippen molar-refractivity contribution in [2.45, 2.75) is 39.5 Å². The predicted octanol–water partition coefficient (Wildman–Crippen LogP) is 2.59. The topological polar surface area (TPSA) is 52.7 Å². The molecule has 1 aromatic carbocycles. The van der Waals surface area contributed by atoms with Crippen LogP contribution in [-0.4, -0.2) is 49.4 Å². The van der Waals surface area contributed by atoms with Gasteiger partial charge in [0.1, 0.15) is 0 Å². The number of anilines is 1.